The monoisotopic (exact) mass is 227 g/mol. The van der Waals surface area contributed by atoms with Gasteiger partial charge in [-0.2, -0.15) is 0 Å². The van der Waals surface area contributed by atoms with Gasteiger partial charge in [-0.3, -0.25) is 9.59 Å². The van der Waals surface area contributed by atoms with Crippen molar-refractivity contribution >= 4 is 11.9 Å². The predicted octanol–water partition coefficient (Wildman–Crippen LogP) is 1.94. The molecule has 1 saturated carbocycles. The van der Waals surface area contributed by atoms with Crippen LogP contribution < -0.4 is 5.32 Å². The van der Waals surface area contributed by atoms with Crippen LogP contribution in [0.1, 0.15) is 51.9 Å². The molecular weight excluding hydrogens is 206 g/mol. The maximum atomic E-state index is 11.0. The van der Waals surface area contributed by atoms with E-state index in [0.29, 0.717) is 5.92 Å². The molecule has 92 valence electrons. The van der Waals surface area contributed by atoms with Crippen molar-refractivity contribution in [3.8, 4) is 0 Å². The van der Waals surface area contributed by atoms with Crippen LogP contribution in [0.5, 0.6) is 0 Å². The normalized spacial score (nSPS) is 19.1. The number of carboxylic acids is 1. The van der Waals surface area contributed by atoms with Gasteiger partial charge in [-0.15, -0.1) is 0 Å². The van der Waals surface area contributed by atoms with Gasteiger partial charge in [0, 0.05) is 13.0 Å². The Balaban J connectivity index is 2.40. The predicted molar refractivity (Wildman–Crippen MR) is 61.0 cm³/mol. The van der Waals surface area contributed by atoms with Gasteiger partial charge in [0.1, 0.15) is 0 Å². The summed E-state index contributed by atoms with van der Waals surface area (Å²) in [6, 6.07) is -0.196. The molecule has 0 aromatic rings. The fourth-order valence-corrected chi connectivity index (χ4v) is 2.52. The Morgan fingerprint density at radius 2 is 1.94 bits per heavy atom. The number of nitrogens with one attached hydrogen (secondary N) is 1. The number of hydrogen-bond donors (Lipinski definition) is 2. The van der Waals surface area contributed by atoms with Crippen molar-refractivity contribution in [2.24, 2.45) is 5.92 Å². The molecule has 0 saturated heterocycles. The summed E-state index contributed by atoms with van der Waals surface area (Å²) in [5, 5.41) is 11.5. The maximum Gasteiger partial charge on any atom is 0.305 e. The molecule has 0 aliphatic heterocycles. The molecule has 0 heterocycles. The number of carbonyl (C=O) groups excluding carboxylic acids is 1. The molecule has 1 amide bonds. The first-order valence-electron chi connectivity index (χ1n) is 6.07. The van der Waals surface area contributed by atoms with Gasteiger partial charge in [0.05, 0.1) is 6.42 Å². The molecule has 0 unspecified atom stereocenters. The van der Waals surface area contributed by atoms with E-state index in [0.717, 1.165) is 6.42 Å². The van der Waals surface area contributed by atoms with Gasteiger partial charge in [0.2, 0.25) is 5.91 Å². The first-order valence-corrected chi connectivity index (χ1v) is 6.07. The van der Waals surface area contributed by atoms with Crippen LogP contribution in [0.3, 0.4) is 0 Å². The smallest absolute Gasteiger partial charge is 0.305 e. The highest BCUT2D eigenvalue weighted by molar-refractivity contribution is 5.74. The molecule has 2 N–H and O–H groups in total. The second kappa shape index (κ2) is 6.51. The Labute approximate surface area is 96.4 Å². The fraction of sp³-hybridized carbons (Fsp3) is 0.833. The van der Waals surface area contributed by atoms with Gasteiger partial charge in [-0.25, -0.2) is 0 Å². The lowest BCUT2D eigenvalue weighted by molar-refractivity contribution is -0.137. The highest BCUT2D eigenvalue weighted by atomic mass is 16.4. The third-order valence-electron chi connectivity index (χ3n) is 3.17. The minimum Gasteiger partial charge on any atom is -0.481 e. The third kappa shape index (κ3) is 5.14. The van der Waals surface area contributed by atoms with Crippen molar-refractivity contribution < 1.29 is 14.7 Å². The first kappa shape index (κ1) is 13.0. The van der Waals surface area contributed by atoms with Crippen LogP contribution in [0.2, 0.25) is 0 Å². The van der Waals surface area contributed by atoms with Crippen molar-refractivity contribution in [2.75, 3.05) is 0 Å². The zero-order valence-corrected chi connectivity index (χ0v) is 9.87. The molecule has 1 atom stereocenters. The molecule has 0 aromatic carbocycles. The average Bonchev–Trinajstić information content (AvgIpc) is 2.16. The topological polar surface area (TPSA) is 66.4 Å². The molecule has 4 nitrogen and oxygen atoms in total. The number of aliphatic carboxylic acids is 1. The Hall–Kier alpha value is -1.06. The number of carboxylic acid groups (broad SMARTS) is 1. The van der Waals surface area contributed by atoms with Crippen molar-refractivity contribution in [1.29, 1.82) is 0 Å². The summed E-state index contributed by atoms with van der Waals surface area (Å²) in [5.41, 5.74) is 0. The van der Waals surface area contributed by atoms with E-state index < -0.39 is 5.97 Å². The average molecular weight is 227 g/mol. The summed E-state index contributed by atoms with van der Waals surface area (Å²) in [7, 11) is 0. The fourth-order valence-electron chi connectivity index (χ4n) is 2.52. The summed E-state index contributed by atoms with van der Waals surface area (Å²) in [4.78, 5) is 21.7. The Kier molecular flexibility index (Phi) is 5.29. The van der Waals surface area contributed by atoms with Crippen LogP contribution in [-0.2, 0) is 9.59 Å². The molecule has 0 bridgehead atoms. The van der Waals surface area contributed by atoms with Crippen molar-refractivity contribution in [3.63, 3.8) is 0 Å². The lowest BCUT2D eigenvalue weighted by Gasteiger charge is -2.26. The lowest BCUT2D eigenvalue weighted by atomic mass is 9.84. The van der Waals surface area contributed by atoms with Crippen LogP contribution in [0, 0.1) is 5.92 Å². The molecule has 1 rings (SSSR count). The Morgan fingerprint density at radius 3 is 2.44 bits per heavy atom. The largest absolute Gasteiger partial charge is 0.481 e. The van der Waals surface area contributed by atoms with Gasteiger partial charge in [0.15, 0.2) is 0 Å². The van der Waals surface area contributed by atoms with Gasteiger partial charge < -0.3 is 10.4 Å². The maximum absolute atomic E-state index is 11.0. The first-order chi connectivity index (χ1) is 7.58. The van der Waals surface area contributed by atoms with Crippen LogP contribution in [0.25, 0.3) is 0 Å². The van der Waals surface area contributed by atoms with E-state index in [2.05, 4.69) is 5.32 Å². The minimum atomic E-state index is -0.838. The van der Waals surface area contributed by atoms with Gasteiger partial charge in [0.25, 0.3) is 0 Å². The zero-order chi connectivity index (χ0) is 12.0. The van der Waals surface area contributed by atoms with Crippen molar-refractivity contribution in [2.45, 2.75) is 57.9 Å². The second-order valence-corrected chi connectivity index (χ2v) is 4.74. The quantitative estimate of drug-likeness (QED) is 0.754. The molecule has 4 heteroatoms. The number of carbonyl (C=O) groups is 2. The van der Waals surface area contributed by atoms with Crippen LogP contribution in [-0.4, -0.2) is 23.0 Å². The lowest BCUT2D eigenvalue weighted by Crippen LogP contribution is -2.36. The summed E-state index contributed by atoms with van der Waals surface area (Å²) >= 11 is 0. The molecule has 1 aliphatic carbocycles. The van der Waals surface area contributed by atoms with Crippen molar-refractivity contribution in [1.82, 2.24) is 5.32 Å². The standard InChI is InChI=1S/C12H21NO3/c1-9(14)13-11(8-12(15)16)7-10-5-3-2-4-6-10/h10-11H,2-8H2,1H3,(H,13,14)(H,15,16)/t11-/m0/s1. The van der Waals surface area contributed by atoms with E-state index in [1.54, 1.807) is 0 Å². The van der Waals surface area contributed by atoms with Gasteiger partial charge in [-0.05, 0) is 12.3 Å². The van der Waals surface area contributed by atoms with Crippen LogP contribution in [0.4, 0.5) is 0 Å². The number of rotatable bonds is 5. The number of hydrogen-bond acceptors (Lipinski definition) is 2. The van der Waals surface area contributed by atoms with E-state index in [9.17, 15) is 9.59 Å². The Bertz CT molecular complexity index is 231. The molecule has 16 heavy (non-hydrogen) atoms. The highest BCUT2D eigenvalue weighted by Crippen LogP contribution is 2.27. The highest BCUT2D eigenvalue weighted by Gasteiger charge is 2.21. The number of amides is 1. The van der Waals surface area contributed by atoms with Gasteiger partial charge in [-0.1, -0.05) is 32.1 Å². The van der Waals surface area contributed by atoms with Crippen LogP contribution in [0.15, 0.2) is 0 Å². The molecule has 1 aliphatic rings. The van der Waals surface area contributed by atoms with E-state index in [1.807, 2.05) is 0 Å². The minimum absolute atomic E-state index is 0.0378. The van der Waals surface area contributed by atoms with Crippen LogP contribution >= 0.6 is 0 Å². The molecule has 1 fully saturated rings. The van der Waals surface area contributed by atoms with Gasteiger partial charge >= 0.3 is 5.97 Å². The summed E-state index contributed by atoms with van der Waals surface area (Å²) in [6.07, 6.45) is 6.97. The third-order valence-corrected chi connectivity index (χ3v) is 3.17. The van der Waals surface area contributed by atoms with E-state index in [-0.39, 0.29) is 18.4 Å². The molecular formula is C12H21NO3. The molecule has 0 spiro atoms. The Morgan fingerprint density at radius 1 is 1.31 bits per heavy atom. The zero-order valence-electron chi connectivity index (χ0n) is 9.87. The summed E-state index contributed by atoms with van der Waals surface area (Å²) in [6.45, 7) is 1.44. The summed E-state index contributed by atoms with van der Waals surface area (Å²) in [5.74, 6) is -0.387. The van der Waals surface area contributed by atoms with Crippen molar-refractivity contribution in [3.05, 3.63) is 0 Å². The SMILES string of the molecule is CC(=O)N[C@H](CC(=O)O)CC1CCCCC1. The van der Waals surface area contributed by atoms with E-state index >= 15 is 0 Å². The van der Waals surface area contributed by atoms with E-state index in [1.165, 1.54) is 39.0 Å². The molecule has 0 radical (unpaired) electrons. The molecule has 0 aromatic heterocycles. The second-order valence-electron chi connectivity index (χ2n) is 4.74. The summed E-state index contributed by atoms with van der Waals surface area (Å²) < 4.78 is 0. The van der Waals surface area contributed by atoms with E-state index in [4.69, 9.17) is 5.11 Å².